The van der Waals surface area contributed by atoms with Crippen LogP contribution in [0.3, 0.4) is 0 Å². The van der Waals surface area contributed by atoms with Gasteiger partial charge in [-0.25, -0.2) is 4.98 Å². The van der Waals surface area contributed by atoms with Crippen LogP contribution in [-0.2, 0) is 13.0 Å². The number of rotatable bonds is 3. The number of hydrogen-bond donors (Lipinski definition) is 0. The first kappa shape index (κ1) is 12.3. The van der Waals surface area contributed by atoms with Crippen LogP contribution in [0.1, 0.15) is 5.56 Å². The van der Waals surface area contributed by atoms with Crippen molar-refractivity contribution in [2.75, 3.05) is 0 Å². The highest BCUT2D eigenvalue weighted by molar-refractivity contribution is 9.10. The molecule has 0 atom stereocenters. The van der Waals surface area contributed by atoms with Crippen LogP contribution in [0.2, 0.25) is 5.15 Å². The predicted molar refractivity (Wildman–Crippen MR) is 71.4 cm³/mol. The Labute approximate surface area is 112 Å². The van der Waals surface area contributed by atoms with Crippen LogP contribution in [0.4, 0.5) is 0 Å². The molecule has 1 heterocycles. The van der Waals surface area contributed by atoms with Crippen molar-refractivity contribution in [3.8, 4) is 0 Å². The second-order valence-corrected chi connectivity index (χ2v) is 4.73. The molecule has 88 valence electrons. The smallest absolute Gasteiger partial charge is 0.269 e. The standard InChI is InChI=1S/C12H10BrClN2O/c13-10-11(14)15-8-16(12(10)17)7-6-9-4-2-1-3-5-9/h1-5,8H,6-7H2. The van der Waals surface area contributed by atoms with Gasteiger partial charge in [-0.05, 0) is 27.9 Å². The van der Waals surface area contributed by atoms with E-state index < -0.39 is 0 Å². The molecule has 0 bridgehead atoms. The first-order chi connectivity index (χ1) is 8.18. The highest BCUT2D eigenvalue weighted by Gasteiger charge is 2.06. The highest BCUT2D eigenvalue weighted by Crippen LogP contribution is 2.13. The summed E-state index contributed by atoms with van der Waals surface area (Å²) in [6, 6.07) is 9.99. The summed E-state index contributed by atoms with van der Waals surface area (Å²) in [4.78, 5) is 15.7. The second-order valence-electron chi connectivity index (χ2n) is 3.58. The van der Waals surface area contributed by atoms with Crippen LogP contribution in [0.5, 0.6) is 0 Å². The molecule has 0 aliphatic heterocycles. The Morgan fingerprint density at radius 2 is 2.00 bits per heavy atom. The van der Waals surface area contributed by atoms with Gasteiger partial charge in [0, 0.05) is 6.54 Å². The fourth-order valence-electron chi connectivity index (χ4n) is 1.50. The lowest BCUT2D eigenvalue weighted by Gasteiger charge is -2.06. The molecule has 5 heteroatoms. The fraction of sp³-hybridized carbons (Fsp3) is 0.167. The van der Waals surface area contributed by atoms with E-state index in [0.29, 0.717) is 11.0 Å². The average Bonchev–Trinajstić information content (AvgIpc) is 2.36. The predicted octanol–water partition coefficient (Wildman–Crippen LogP) is 2.90. The number of hydrogen-bond acceptors (Lipinski definition) is 2. The number of benzene rings is 1. The lowest BCUT2D eigenvalue weighted by Crippen LogP contribution is -2.22. The molecule has 0 N–H and O–H groups in total. The fourth-order valence-corrected chi connectivity index (χ4v) is 1.95. The zero-order valence-electron chi connectivity index (χ0n) is 8.94. The van der Waals surface area contributed by atoms with Gasteiger partial charge < -0.3 is 0 Å². The Morgan fingerprint density at radius 1 is 1.29 bits per heavy atom. The molecule has 0 spiro atoms. The maximum absolute atomic E-state index is 11.8. The monoisotopic (exact) mass is 312 g/mol. The minimum absolute atomic E-state index is 0.152. The van der Waals surface area contributed by atoms with Crippen molar-refractivity contribution in [3.63, 3.8) is 0 Å². The van der Waals surface area contributed by atoms with Gasteiger partial charge in [0.1, 0.15) is 4.47 Å². The summed E-state index contributed by atoms with van der Waals surface area (Å²) in [6.45, 7) is 0.589. The van der Waals surface area contributed by atoms with Gasteiger partial charge in [0.2, 0.25) is 0 Å². The van der Waals surface area contributed by atoms with E-state index >= 15 is 0 Å². The first-order valence-electron chi connectivity index (χ1n) is 5.13. The van der Waals surface area contributed by atoms with Crippen LogP contribution in [0.25, 0.3) is 0 Å². The minimum atomic E-state index is -0.152. The third-order valence-corrected chi connectivity index (χ3v) is 3.65. The van der Waals surface area contributed by atoms with Gasteiger partial charge in [0.15, 0.2) is 5.15 Å². The summed E-state index contributed by atoms with van der Waals surface area (Å²) in [6.07, 6.45) is 2.26. The maximum atomic E-state index is 11.8. The Hall–Kier alpha value is -1.13. The summed E-state index contributed by atoms with van der Waals surface area (Å²) in [7, 11) is 0. The van der Waals surface area contributed by atoms with Crippen molar-refractivity contribution in [1.82, 2.24) is 9.55 Å². The van der Waals surface area contributed by atoms with E-state index in [4.69, 9.17) is 11.6 Å². The van der Waals surface area contributed by atoms with Crippen LogP contribution in [-0.4, -0.2) is 9.55 Å². The Balaban J connectivity index is 2.16. The SMILES string of the molecule is O=c1c(Br)c(Cl)ncn1CCc1ccccc1. The molecule has 0 aliphatic carbocycles. The van der Waals surface area contributed by atoms with Gasteiger partial charge in [-0.2, -0.15) is 0 Å². The second kappa shape index (κ2) is 5.47. The largest absolute Gasteiger partial charge is 0.298 e. The van der Waals surface area contributed by atoms with Gasteiger partial charge in [-0.1, -0.05) is 41.9 Å². The molecule has 1 aromatic heterocycles. The molecule has 0 saturated carbocycles. The van der Waals surface area contributed by atoms with E-state index in [1.807, 2.05) is 30.3 Å². The molecule has 0 amide bonds. The summed E-state index contributed by atoms with van der Waals surface area (Å²) >= 11 is 8.86. The molecule has 1 aromatic carbocycles. The zero-order chi connectivity index (χ0) is 12.3. The normalized spacial score (nSPS) is 10.5. The molecule has 0 aliphatic rings. The van der Waals surface area contributed by atoms with Crippen molar-refractivity contribution in [1.29, 1.82) is 0 Å². The van der Waals surface area contributed by atoms with Crippen LogP contribution >= 0.6 is 27.5 Å². The van der Waals surface area contributed by atoms with E-state index in [1.54, 1.807) is 4.57 Å². The van der Waals surface area contributed by atoms with E-state index in [0.717, 1.165) is 6.42 Å². The van der Waals surface area contributed by atoms with Gasteiger partial charge in [-0.3, -0.25) is 9.36 Å². The molecule has 0 saturated heterocycles. The summed E-state index contributed by atoms with van der Waals surface area (Å²) in [5.74, 6) is 0. The Bertz CT molecular complexity index is 568. The summed E-state index contributed by atoms with van der Waals surface area (Å²) in [5.41, 5.74) is 1.03. The topological polar surface area (TPSA) is 34.9 Å². The van der Waals surface area contributed by atoms with Crippen molar-refractivity contribution in [2.45, 2.75) is 13.0 Å². The molecule has 0 radical (unpaired) electrons. The molecule has 17 heavy (non-hydrogen) atoms. The lowest BCUT2D eigenvalue weighted by atomic mass is 10.1. The minimum Gasteiger partial charge on any atom is -0.298 e. The Morgan fingerprint density at radius 3 is 2.71 bits per heavy atom. The van der Waals surface area contributed by atoms with E-state index in [-0.39, 0.29) is 10.7 Å². The van der Waals surface area contributed by atoms with Crippen LogP contribution < -0.4 is 5.56 Å². The highest BCUT2D eigenvalue weighted by atomic mass is 79.9. The maximum Gasteiger partial charge on any atom is 0.269 e. The quantitative estimate of drug-likeness (QED) is 0.817. The van der Waals surface area contributed by atoms with Crippen LogP contribution in [0.15, 0.2) is 45.9 Å². The molecule has 2 rings (SSSR count). The van der Waals surface area contributed by atoms with Gasteiger partial charge in [-0.15, -0.1) is 0 Å². The molecule has 0 unspecified atom stereocenters. The average molecular weight is 314 g/mol. The number of aromatic nitrogens is 2. The Kier molecular flexibility index (Phi) is 3.97. The van der Waals surface area contributed by atoms with E-state index in [2.05, 4.69) is 20.9 Å². The molecular weight excluding hydrogens is 304 g/mol. The van der Waals surface area contributed by atoms with Gasteiger partial charge in [0.05, 0.1) is 6.33 Å². The van der Waals surface area contributed by atoms with Crippen molar-refractivity contribution >= 4 is 27.5 Å². The van der Waals surface area contributed by atoms with Gasteiger partial charge in [0.25, 0.3) is 5.56 Å². The van der Waals surface area contributed by atoms with Crippen LogP contribution in [0, 0.1) is 0 Å². The van der Waals surface area contributed by atoms with E-state index in [9.17, 15) is 4.79 Å². The molecule has 0 fully saturated rings. The van der Waals surface area contributed by atoms with Crippen molar-refractivity contribution in [3.05, 3.63) is 62.2 Å². The third-order valence-electron chi connectivity index (χ3n) is 2.42. The molecular formula is C12H10BrClN2O. The molecule has 2 aromatic rings. The van der Waals surface area contributed by atoms with E-state index in [1.165, 1.54) is 11.9 Å². The summed E-state index contributed by atoms with van der Waals surface area (Å²) < 4.78 is 1.86. The summed E-state index contributed by atoms with van der Waals surface area (Å²) in [5, 5.41) is 0.200. The molecule has 3 nitrogen and oxygen atoms in total. The number of nitrogens with zero attached hydrogens (tertiary/aromatic N) is 2. The van der Waals surface area contributed by atoms with Crippen molar-refractivity contribution in [2.24, 2.45) is 0 Å². The number of halogens is 2. The third kappa shape index (κ3) is 2.96. The van der Waals surface area contributed by atoms with Crippen molar-refractivity contribution < 1.29 is 0 Å². The van der Waals surface area contributed by atoms with Gasteiger partial charge >= 0.3 is 0 Å². The lowest BCUT2D eigenvalue weighted by molar-refractivity contribution is 0.651. The first-order valence-corrected chi connectivity index (χ1v) is 6.30. The number of aryl methyl sites for hydroxylation is 2. The zero-order valence-corrected chi connectivity index (χ0v) is 11.3.